The molecule has 5 heteroatoms. The Morgan fingerprint density at radius 3 is 2.47 bits per heavy atom. The highest BCUT2D eigenvalue weighted by molar-refractivity contribution is 9.10. The third-order valence-corrected chi connectivity index (χ3v) is 3.64. The highest BCUT2D eigenvalue weighted by atomic mass is 79.9. The second-order valence-corrected chi connectivity index (χ2v) is 5.43. The van der Waals surface area contributed by atoms with Crippen molar-refractivity contribution < 1.29 is 14.7 Å². The summed E-state index contributed by atoms with van der Waals surface area (Å²) < 4.78 is 0. The lowest BCUT2D eigenvalue weighted by atomic mass is 10.1. The SMILES string of the molecule is CCCCC(Br)C(=O)NCc1ccc(C(=O)O)cc1. The molecule has 0 aromatic heterocycles. The van der Waals surface area contributed by atoms with Crippen LogP contribution in [0.5, 0.6) is 0 Å². The van der Waals surface area contributed by atoms with Crippen molar-refractivity contribution in [2.75, 3.05) is 0 Å². The van der Waals surface area contributed by atoms with E-state index in [0.717, 1.165) is 24.8 Å². The molecule has 0 fully saturated rings. The summed E-state index contributed by atoms with van der Waals surface area (Å²) in [5.74, 6) is -0.980. The van der Waals surface area contributed by atoms with Crippen LogP contribution < -0.4 is 5.32 Å². The molecule has 1 aromatic rings. The monoisotopic (exact) mass is 327 g/mol. The van der Waals surface area contributed by atoms with Gasteiger partial charge in [-0.15, -0.1) is 0 Å². The van der Waals surface area contributed by atoms with Gasteiger partial charge in [-0.1, -0.05) is 47.8 Å². The second-order valence-electron chi connectivity index (χ2n) is 4.33. The quantitative estimate of drug-likeness (QED) is 0.756. The first-order chi connectivity index (χ1) is 9.04. The lowest BCUT2D eigenvalue weighted by Crippen LogP contribution is -2.30. The lowest BCUT2D eigenvalue weighted by molar-refractivity contribution is -0.120. The summed E-state index contributed by atoms with van der Waals surface area (Å²) >= 11 is 3.36. The van der Waals surface area contributed by atoms with Crippen molar-refractivity contribution in [1.82, 2.24) is 5.32 Å². The number of alkyl halides is 1. The maximum Gasteiger partial charge on any atom is 0.335 e. The van der Waals surface area contributed by atoms with Crippen LogP contribution in [-0.4, -0.2) is 21.8 Å². The highest BCUT2D eigenvalue weighted by Crippen LogP contribution is 2.10. The summed E-state index contributed by atoms with van der Waals surface area (Å²) in [4.78, 5) is 22.3. The molecule has 0 aliphatic heterocycles. The number of aromatic carboxylic acids is 1. The van der Waals surface area contributed by atoms with E-state index in [9.17, 15) is 9.59 Å². The van der Waals surface area contributed by atoms with Gasteiger partial charge in [-0.05, 0) is 24.1 Å². The number of amides is 1. The van der Waals surface area contributed by atoms with E-state index in [0.29, 0.717) is 6.54 Å². The van der Waals surface area contributed by atoms with Gasteiger partial charge in [0.05, 0.1) is 10.4 Å². The van der Waals surface area contributed by atoms with Gasteiger partial charge in [0, 0.05) is 6.54 Å². The molecule has 0 radical (unpaired) electrons. The second kappa shape index (κ2) is 7.94. The van der Waals surface area contributed by atoms with Gasteiger partial charge in [-0.25, -0.2) is 4.79 Å². The number of halogens is 1. The molecule has 1 rings (SSSR count). The van der Waals surface area contributed by atoms with Gasteiger partial charge in [0.25, 0.3) is 0 Å². The van der Waals surface area contributed by atoms with Gasteiger partial charge in [-0.3, -0.25) is 4.79 Å². The normalized spacial score (nSPS) is 11.9. The molecule has 19 heavy (non-hydrogen) atoms. The first-order valence-electron chi connectivity index (χ1n) is 6.28. The first kappa shape index (κ1) is 15.7. The number of carbonyl (C=O) groups excluding carboxylic acids is 1. The Balaban J connectivity index is 2.43. The van der Waals surface area contributed by atoms with E-state index in [2.05, 4.69) is 28.2 Å². The summed E-state index contributed by atoms with van der Waals surface area (Å²) in [6, 6.07) is 6.48. The Hall–Kier alpha value is -1.36. The van der Waals surface area contributed by atoms with Crippen molar-refractivity contribution in [2.45, 2.75) is 37.6 Å². The van der Waals surface area contributed by atoms with Crippen molar-refractivity contribution in [3.05, 3.63) is 35.4 Å². The maximum absolute atomic E-state index is 11.7. The van der Waals surface area contributed by atoms with E-state index in [-0.39, 0.29) is 16.3 Å². The molecule has 4 nitrogen and oxygen atoms in total. The zero-order valence-corrected chi connectivity index (χ0v) is 12.4. The molecule has 1 aromatic carbocycles. The molecule has 2 N–H and O–H groups in total. The Bertz CT molecular complexity index is 431. The molecule has 0 saturated carbocycles. The lowest BCUT2D eigenvalue weighted by Gasteiger charge is -2.10. The van der Waals surface area contributed by atoms with Crippen molar-refractivity contribution in [1.29, 1.82) is 0 Å². The average molecular weight is 328 g/mol. The fraction of sp³-hybridized carbons (Fsp3) is 0.429. The Labute approximate surface area is 121 Å². The van der Waals surface area contributed by atoms with Crippen LogP contribution in [0, 0.1) is 0 Å². The number of carboxylic acids is 1. The molecule has 0 saturated heterocycles. The molecule has 0 bridgehead atoms. The molecular weight excluding hydrogens is 310 g/mol. The van der Waals surface area contributed by atoms with Gasteiger partial charge in [-0.2, -0.15) is 0 Å². The van der Waals surface area contributed by atoms with Crippen LogP contribution in [-0.2, 0) is 11.3 Å². The number of nitrogens with one attached hydrogen (secondary N) is 1. The smallest absolute Gasteiger partial charge is 0.335 e. The third kappa shape index (κ3) is 5.42. The van der Waals surface area contributed by atoms with Crippen LogP contribution in [0.2, 0.25) is 0 Å². The predicted molar refractivity (Wildman–Crippen MR) is 77.5 cm³/mol. The molecule has 104 valence electrons. The minimum absolute atomic E-state index is 0.0317. The molecule has 1 atom stereocenters. The molecule has 0 spiro atoms. The van der Waals surface area contributed by atoms with E-state index < -0.39 is 5.97 Å². The molecule has 0 aliphatic carbocycles. The molecular formula is C14H18BrNO3. The summed E-state index contributed by atoms with van der Waals surface area (Å²) in [7, 11) is 0. The van der Waals surface area contributed by atoms with Gasteiger partial charge in [0.15, 0.2) is 0 Å². The topological polar surface area (TPSA) is 66.4 Å². The first-order valence-corrected chi connectivity index (χ1v) is 7.20. The molecule has 0 heterocycles. The third-order valence-electron chi connectivity index (χ3n) is 2.76. The van der Waals surface area contributed by atoms with Crippen molar-refractivity contribution >= 4 is 27.8 Å². The van der Waals surface area contributed by atoms with E-state index in [4.69, 9.17) is 5.11 Å². The van der Waals surface area contributed by atoms with Crippen LogP contribution in [0.3, 0.4) is 0 Å². The summed E-state index contributed by atoms with van der Waals surface area (Å²) in [5.41, 5.74) is 1.13. The van der Waals surface area contributed by atoms with E-state index >= 15 is 0 Å². The van der Waals surface area contributed by atoms with Gasteiger partial charge >= 0.3 is 5.97 Å². The number of hydrogen-bond acceptors (Lipinski definition) is 2. The number of carboxylic acid groups (broad SMARTS) is 1. The van der Waals surface area contributed by atoms with Gasteiger partial charge in [0.1, 0.15) is 0 Å². The van der Waals surface area contributed by atoms with Crippen LogP contribution in [0.1, 0.15) is 42.1 Å². The standard InChI is InChI=1S/C14H18BrNO3/c1-2-3-4-12(15)13(17)16-9-10-5-7-11(8-6-10)14(18)19/h5-8,12H,2-4,9H2,1H3,(H,16,17)(H,18,19). The minimum Gasteiger partial charge on any atom is -0.478 e. The highest BCUT2D eigenvalue weighted by Gasteiger charge is 2.13. The number of benzene rings is 1. The molecule has 1 unspecified atom stereocenters. The van der Waals surface area contributed by atoms with Crippen LogP contribution in [0.4, 0.5) is 0 Å². The van der Waals surface area contributed by atoms with Crippen LogP contribution in [0.25, 0.3) is 0 Å². The largest absolute Gasteiger partial charge is 0.478 e. The zero-order chi connectivity index (χ0) is 14.3. The number of unbranched alkanes of at least 4 members (excludes halogenated alkanes) is 1. The van der Waals surface area contributed by atoms with Crippen LogP contribution >= 0.6 is 15.9 Å². The van der Waals surface area contributed by atoms with E-state index in [1.54, 1.807) is 12.1 Å². The maximum atomic E-state index is 11.7. The van der Waals surface area contributed by atoms with E-state index in [1.165, 1.54) is 12.1 Å². The average Bonchev–Trinajstić information content (AvgIpc) is 2.42. The zero-order valence-electron chi connectivity index (χ0n) is 10.9. The van der Waals surface area contributed by atoms with Crippen molar-refractivity contribution in [2.24, 2.45) is 0 Å². The summed E-state index contributed by atoms with van der Waals surface area (Å²) in [5, 5.41) is 11.6. The Morgan fingerprint density at radius 2 is 1.95 bits per heavy atom. The van der Waals surface area contributed by atoms with E-state index in [1.807, 2.05) is 0 Å². The van der Waals surface area contributed by atoms with Crippen LogP contribution in [0.15, 0.2) is 24.3 Å². The summed E-state index contributed by atoms with van der Waals surface area (Å²) in [6.07, 6.45) is 2.89. The Morgan fingerprint density at radius 1 is 1.32 bits per heavy atom. The fourth-order valence-corrected chi connectivity index (χ4v) is 2.07. The Kier molecular flexibility index (Phi) is 6.56. The number of carbonyl (C=O) groups is 2. The summed E-state index contributed by atoms with van der Waals surface area (Å²) in [6.45, 7) is 2.49. The molecule has 0 aliphatic rings. The van der Waals surface area contributed by atoms with Crippen molar-refractivity contribution in [3.8, 4) is 0 Å². The number of hydrogen-bond donors (Lipinski definition) is 2. The predicted octanol–water partition coefficient (Wildman–Crippen LogP) is 2.95. The van der Waals surface area contributed by atoms with Gasteiger partial charge in [0.2, 0.25) is 5.91 Å². The molecule has 1 amide bonds. The number of rotatable bonds is 7. The minimum atomic E-state index is -0.948. The van der Waals surface area contributed by atoms with Crippen molar-refractivity contribution in [3.63, 3.8) is 0 Å². The fourth-order valence-electron chi connectivity index (χ4n) is 1.58. The van der Waals surface area contributed by atoms with Gasteiger partial charge < -0.3 is 10.4 Å².